The first-order chi connectivity index (χ1) is 8.91. The molecule has 0 aromatic heterocycles. The van der Waals surface area contributed by atoms with E-state index in [0.717, 1.165) is 0 Å². The predicted molar refractivity (Wildman–Crippen MR) is 75.2 cm³/mol. The number of aliphatic carboxylic acids is 1. The van der Waals surface area contributed by atoms with Crippen LogP contribution in [-0.2, 0) is 4.79 Å². The van der Waals surface area contributed by atoms with Crippen LogP contribution in [-0.4, -0.2) is 30.1 Å². The number of halogens is 1. The van der Waals surface area contributed by atoms with Gasteiger partial charge in [0.2, 0.25) is 0 Å². The number of carboxylic acid groups (broad SMARTS) is 1. The number of benzene rings is 1. The smallest absolute Gasteiger partial charge is 0.308 e. The first-order valence-corrected chi connectivity index (χ1v) is 6.77. The fraction of sp³-hybridized carbons (Fsp3) is 0.385. The molecule has 0 radical (unpaired) electrons. The van der Waals surface area contributed by atoms with Gasteiger partial charge in [0, 0.05) is 17.6 Å². The quantitative estimate of drug-likeness (QED) is 0.885. The lowest BCUT2D eigenvalue weighted by Crippen LogP contribution is -2.26. The van der Waals surface area contributed by atoms with E-state index < -0.39 is 17.8 Å². The maximum atomic E-state index is 11.5. The zero-order chi connectivity index (χ0) is 14.2. The number of carbonyl (C=O) groups is 2. The molecule has 1 saturated heterocycles. The molecule has 2 rings (SSSR count). The number of carbonyl (C=O) groups excluding carboxylic acids is 1. The Hall–Kier alpha value is -1.56. The van der Waals surface area contributed by atoms with Gasteiger partial charge in [-0.2, -0.15) is 0 Å². The van der Waals surface area contributed by atoms with Crippen molar-refractivity contribution in [3.05, 3.63) is 28.2 Å². The maximum absolute atomic E-state index is 11.5. The lowest BCUT2D eigenvalue weighted by Gasteiger charge is -2.21. The van der Waals surface area contributed by atoms with Gasteiger partial charge in [-0.3, -0.25) is 9.59 Å². The fourth-order valence-electron chi connectivity index (χ4n) is 2.51. The van der Waals surface area contributed by atoms with Gasteiger partial charge in [0.1, 0.15) is 0 Å². The van der Waals surface area contributed by atoms with Gasteiger partial charge in [-0.25, -0.2) is 0 Å². The average Bonchev–Trinajstić information content (AvgIpc) is 2.70. The minimum absolute atomic E-state index is 0.0391. The van der Waals surface area contributed by atoms with E-state index in [4.69, 9.17) is 10.8 Å². The van der Waals surface area contributed by atoms with Crippen LogP contribution in [0.25, 0.3) is 0 Å². The van der Waals surface area contributed by atoms with Crippen LogP contribution in [0.2, 0.25) is 0 Å². The molecule has 1 aliphatic heterocycles. The van der Waals surface area contributed by atoms with Crippen LogP contribution in [0.3, 0.4) is 0 Å². The highest BCUT2D eigenvalue weighted by molar-refractivity contribution is 9.10. The lowest BCUT2D eigenvalue weighted by atomic mass is 9.99. The van der Waals surface area contributed by atoms with Crippen LogP contribution >= 0.6 is 15.9 Å². The van der Waals surface area contributed by atoms with Crippen LogP contribution in [0.4, 0.5) is 5.69 Å². The molecule has 5 nitrogen and oxygen atoms in total. The number of amides is 1. The third-order valence-electron chi connectivity index (χ3n) is 3.51. The molecule has 19 heavy (non-hydrogen) atoms. The summed E-state index contributed by atoms with van der Waals surface area (Å²) >= 11 is 3.31. The van der Waals surface area contributed by atoms with Crippen molar-refractivity contribution in [1.82, 2.24) is 0 Å². The molecule has 6 heteroatoms. The molecule has 3 N–H and O–H groups in total. The summed E-state index contributed by atoms with van der Waals surface area (Å²) in [5.41, 5.74) is 6.50. The second kappa shape index (κ2) is 5.21. The Bertz CT molecular complexity index is 533. The summed E-state index contributed by atoms with van der Waals surface area (Å²) in [6, 6.07) is 5.35. The van der Waals surface area contributed by atoms with Gasteiger partial charge < -0.3 is 15.7 Å². The second-order valence-electron chi connectivity index (χ2n) is 4.83. The summed E-state index contributed by atoms with van der Waals surface area (Å²) in [5.74, 6) is -1.70. The summed E-state index contributed by atoms with van der Waals surface area (Å²) in [5, 5.41) is 9.15. The van der Waals surface area contributed by atoms with Crippen LogP contribution < -0.4 is 10.6 Å². The van der Waals surface area contributed by atoms with Crippen molar-refractivity contribution in [2.45, 2.75) is 6.92 Å². The van der Waals surface area contributed by atoms with Crippen molar-refractivity contribution in [1.29, 1.82) is 0 Å². The van der Waals surface area contributed by atoms with Crippen molar-refractivity contribution in [3.8, 4) is 0 Å². The molecular weight excluding hydrogens is 312 g/mol. The highest BCUT2D eigenvalue weighted by atomic mass is 79.9. The average molecular weight is 327 g/mol. The molecule has 2 atom stereocenters. The normalized spacial score (nSPS) is 22.5. The zero-order valence-corrected chi connectivity index (χ0v) is 12.1. The molecule has 1 aliphatic rings. The van der Waals surface area contributed by atoms with Crippen molar-refractivity contribution in [2.24, 2.45) is 17.6 Å². The van der Waals surface area contributed by atoms with Crippen molar-refractivity contribution in [3.63, 3.8) is 0 Å². The fourth-order valence-corrected chi connectivity index (χ4v) is 3.06. The van der Waals surface area contributed by atoms with E-state index in [1.54, 1.807) is 12.1 Å². The van der Waals surface area contributed by atoms with E-state index in [1.807, 2.05) is 17.9 Å². The molecule has 1 aromatic rings. The maximum Gasteiger partial charge on any atom is 0.308 e. The number of anilines is 1. The number of nitrogens with zero attached hydrogens (tertiary/aromatic N) is 1. The molecule has 1 amide bonds. The standard InChI is InChI=1S/C13H15BrN2O3/c1-7-5-16(6-8(7)13(18)19)10-4-2-3-9(14)11(10)12(15)17/h2-4,7-8H,5-6H2,1H3,(H2,15,17)(H,18,19). The molecule has 102 valence electrons. The second-order valence-corrected chi connectivity index (χ2v) is 5.68. The topological polar surface area (TPSA) is 83.6 Å². The SMILES string of the molecule is CC1CN(c2cccc(Br)c2C(N)=O)CC1C(=O)O. The molecule has 1 fully saturated rings. The van der Waals surface area contributed by atoms with Crippen molar-refractivity contribution in [2.75, 3.05) is 18.0 Å². The van der Waals surface area contributed by atoms with Gasteiger partial charge in [0.25, 0.3) is 5.91 Å². The van der Waals surface area contributed by atoms with Gasteiger partial charge >= 0.3 is 5.97 Å². The van der Waals surface area contributed by atoms with Crippen LogP contribution in [0.1, 0.15) is 17.3 Å². The molecule has 0 bridgehead atoms. The van der Waals surface area contributed by atoms with E-state index in [9.17, 15) is 9.59 Å². The molecule has 0 saturated carbocycles. The van der Waals surface area contributed by atoms with E-state index in [1.165, 1.54) is 0 Å². The van der Waals surface area contributed by atoms with Crippen molar-refractivity contribution >= 4 is 33.5 Å². The first kappa shape index (κ1) is 13.9. The number of hydrogen-bond acceptors (Lipinski definition) is 3. The number of rotatable bonds is 3. The van der Waals surface area contributed by atoms with Crippen LogP contribution in [0.15, 0.2) is 22.7 Å². The number of nitrogens with two attached hydrogens (primary N) is 1. The Morgan fingerprint density at radius 1 is 1.42 bits per heavy atom. The number of hydrogen-bond donors (Lipinski definition) is 2. The molecular formula is C13H15BrN2O3. The number of primary amides is 1. The minimum Gasteiger partial charge on any atom is -0.481 e. The van der Waals surface area contributed by atoms with Crippen LogP contribution in [0, 0.1) is 11.8 Å². The summed E-state index contributed by atoms with van der Waals surface area (Å²) in [7, 11) is 0. The zero-order valence-electron chi connectivity index (χ0n) is 10.5. The van der Waals surface area contributed by atoms with Crippen LogP contribution in [0.5, 0.6) is 0 Å². The Balaban J connectivity index is 2.37. The predicted octanol–water partition coefficient (Wildman–Crippen LogP) is 1.70. The van der Waals surface area contributed by atoms with Gasteiger partial charge in [0.05, 0.1) is 17.2 Å². The molecule has 1 heterocycles. The molecule has 0 aliphatic carbocycles. The Morgan fingerprint density at radius 2 is 2.11 bits per heavy atom. The Kier molecular flexibility index (Phi) is 3.80. The van der Waals surface area contributed by atoms with E-state index >= 15 is 0 Å². The molecule has 1 aromatic carbocycles. The van der Waals surface area contributed by atoms with Gasteiger partial charge in [0.15, 0.2) is 0 Å². The first-order valence-electron chi connectivity index (χ1n) is 5.98. The number of carboxylic acids is 1. The molecule has 2 unspecified atom stereocenters. The third-order valence-corrected chi connectivity index (χ3v) is 4.17. The van der Waals surface area contributed by atoms with Gasteiger partial charge in [-0.05, 0) is 34.0 Å². The highest BCUT2D eigenvalue weighted by Crippen LogP contribution is 2.33. The van der Waals surface area contributed by atoms with Gasteiger partial charge in [-0.15, -0.1) is 0 Å². The largest absolute Gasteiger partial charge is 0.481 e. The monoisotopic (exact) mass is 326 g/mol. The minimum atomic E-state index is -0.800. The third kappa shape index (κ3) is 2.58. The molecule has 0 spiro atoms. The summed E-state index contributed by atoms with van der Waals surface area (Å²) in [4.78, 5) is 24.6. The van der Waals surface area contributed by atoms with Crippen molar-refractivity contribution < 1.29 is 14.7 Å². The van der Waals surface area contributed by atoms with E-state index in [2.05, 4.69) is 15.9 Å². The summed E-state index contributed by atoms with van der Waals surface area (Å²) < 4.78 is 0.629. The van der Waals surface area contributed by atoms with E-state index in [0.29, 0.717) is 28.8 Å². The highest BCUT2D eigenvalue weighted by Gasteiger charge is 2.36. The lowest BCUT2D eigenvalue weighted by molar-refractivity contribution is -0.142. The van der Waals surface area contributed by atoms with Gasteiger partial charge in [-0.1, -0.05) is 13.0 Å². The Labute approximate surface area is 119 Å². The Morgan fingerprint density at radius 3 is 2.63 bits per heavy atom. The summed E-state index contributed by atoms with van der Waals surface area (Å²) in [6.45, 7) is 2.90. The van der Waals surface area contributed by atoms with E-state index in [-0.39, 0.29) is 5.92 Å². The summed E-state index contributed by atoms with van der Waals surface area (Å²) in [6.07, 6.45) is 0.